The van der Waals surface area contributed by atoms with Crippen molar-refractivity contribution in [1.29, 1.82) is 0 Å². The van der Waals surface area contributed by atoms with Gasteiger partial charge < -0.3 is 21.0 Å². The number of amidine groups is 1. The van der Waals surface area contributed by atoms with Gasteiger partial charge in [-0.1, -0.05) is 12.1 Å². The van der Waals surface area contributed by atoms with Crippen LogP contribution in [0, 0.1) is 0 Å². The summed E-state index contributed by atoms with van der Waals surface area (Å²) in [5.74, 6) is 1.05. The van der Waals surface area contributed by atoms with E-state index in [0.717, 1.165) is 17.9 Å². The number of benzene rings is 1. The summed E-state index contributed by atoms with van der Waals surface area (Å²) in [6.45, 7) is 2.05. The van der Waals surface area contributed by atoms with Crippen LogP contribution in [0.15, 0.2) is 29.4 Å². The average Bonchev–Trinajstić information content (AvgIpc) is 2.38. The highest BCUT2D eigenvalue weighted by molar-refractivity contribution is 5.80. The van der Waals surface area contributed by atoms with Crippen molar-refractivity contribution in [2.75, 3.05) is 12.4 Å². The molecule has 94 valence electrons. The summed E-state index contributed by atoms with van der Waals surface area (Å²) in [7, 11) is 1.63. The summed E-state index contributed by atoms with van der Waals surface area (Å²) >= 11 is 0. The van der Waals surface area contributed by atoms with E-state index in [-0.39, 0.29) is 11.9 Å². The smallest absolute Gasteiger partial charge is 0.141 e. The van der Waals surface area contributed by atoms with Gasteiger partial charge >= 0.3 is 0 Å². The third-order valence-electron chi connectivity index (χ3n) is 2.54. The van der Waals surface area contributed by atoms with Gasteiger partial charge in [0.15, 0.2) is 0 Å². The number of hydrogen-bond donors (Lipinski definition) is 3. The van der Waals surface area contributed by atoms with Crippen LogP contribution in [-0.2, 0) is 0 Å². The molecular formula is C12H19N3O2. The quantitative estimate of drug-likeness (QED) is 0.306. The van der Waals surface area contributed by atoms with E-state index in [0.29, 0.717) is 6.42 Å². The Balaban J connectivity index is 2.60. The zero-order valence-corrected chi connectivity index (χ0v) is 10.2. The largest absolute Gasteiger partial charge is 0.497 e. The van der Waals surface area contributed by atoms with Crippen LogP contribution in [0.1, 0.15) is 19.8 Å². The molecule has 0 aliphatic heterocycles. The second-order valence-electron chi connectivity index (χ2n) is 3.77. The van der Waals surface area contributed by atoms with E-state index in [1.807, 2.05) is 31.2 Å². The molecule has 0 aliphatic rings. The molecule has 0 fully saturated rings. The second-order valence-corrected chi connectivity index (χ2v) is 3.77. The lowest BCUT2D eigenvalue weighted by Crippen LogP contribution is -2.26. The molecule has 17 heavy (non-hydrogen) atoms. The zero-order chi connectivity index (χ0) is 12.7. The first-order valence-corrected chi connectivity index (χ1v) is 5.56. The fourth-order valence-corrected chi connectivity index (χ4v) is 1.51. The van der Waals surface area contributed by atoms with Crippen molar-refractivity contribution in [3.8, 4) is 5.75 Å². The Morgan fingerprint density at radius 1 is 1.47 bits per heavy atom. The lowest BCUT2D eigenvalue weighted by molar-refractivity contribution is 0.316. The highest BCUT2D eigenvalue weighted by Crippen LogP contribution is 2.17. The Labute approximate surface area is 101 Å². The molecule has 1 atom stereocenters. The number of hydrogen-bond acceptors (Lipinski definition) is 4. The van der Waals surface area contributed by atoms with Crippen LogP contribution < -0.4 is 15.8 Å². The second kappa shape index (κ2) is 6.62. The van der Waals surface area contributed by atoms with Crippen LogP contribution in [-0.4, -0.2) is 24.2 Å². The van der Waals surface area contributed by atoms with Gasteiger partial charge in [-0.3, -0.25) is 0 Å². The molecule has 0 bridgehead atoms. The molecule has 0 spiro atoms. The third-order valence-corrected chi connectivity index (χ3v) is 2.54. The summed E-state index contributed by atoms with van der Waals surface area (Å²) in [6.07, 6.45) is 1.40. The minimum atomic E-state index is 0.152. The first kappa shape index (κ1) is 13.2. The number of oxime groups is 1. The molecular weight excluding hydrogens is 218 g/mol. The van der Waals surface area contributed by atoms with Gasteiger partial charge in [-0.05, 0) is 30.7 Å². The van der Waals surface area contributed by atoms with E-state index in [9.17, 15) is 0 Å². The van der Waals surface area contributed by atoms with Gasteiger partial charge in [0, 0.05) is 18.2 Å². The van der Waals surface area contributed by atoms with Crippen LogP contribution in [0.2, 0.25) is 0 Å². The maximum absolute atomic E-state index is 8.53. The number of ether oxygens (including phenoxy) is 1. The van der Waals surface area contributed by atoms with Crippen LogP contribution >= 0.6 is 0 Å². The van der Waals surface area contributed by atoms with E-state index in [2.05, 4.69) is 10.5 Å². The van der Waals surface area contributed by atoms with Crippen molar-refractivity contribution in [1.82, 2.24) is 0 Å². The highest BCUT2D eigenvalue weighted by atomic mass is 16.5. The SMILES string of the molecule is CCC(CC(N)=NO)Nc1ccc(OC)cc1. The molecule has 0 heterocycles. The first-order valence-electron chi connectivity index (χ1n) is 5.56. The monoisotopic (exact) mass is 237 g/mol. The number of rotatable bonds is 6. The van der Waals surface area contributed by atoms with Gasteiger partial charge in [-0.2, -0.15) is 0 Å². The number of nitrogens with two attached hydrogens (primary N) is 1. The average molecular weight is 237 g/mol. The van der Waals surface area contributed by atoms with Crippen molar-refractivity contribution in [3.63, 3.8) is 0 Å². The van der Waals surface area contributed by atoms with Crippen LogP contribution in [0.3, 0.4) is 0 Å². The Hall–Kier alpha value is -1.91. The standard InChI is InChI=1S/C12H19N3O2/c1-3-9(8-12(13)15-16)14-10-4-6-11(17-2)7-5-10/h4-7,9,14,16H,3,8H2,1-2H3,(H2,13,15). The molecule has 1 unspecified atom stereocenters. The van der Waals surface area contributed by atoms with E-state index in [1.54, 1.807) is 7.11 Å². The van der Waals surface area contributed by atoms with E-state index in [1.165, 1.54) is 0 Å². The Morgan fingerprint density at radius 2 is 2.12 bits per heavy atom. The van der Waals surface area contributed by atoms with Gasteiger partial charge in [0.2, 0.25) is 0 Å². The Morgan fingerprint density at radius 3 is 2.59 bits per heavy atom. The molecule has 5 heteroatoms. The number of nitrogens with zero attached hydrogens (tertiary/aromatic N) is 1. The van der Waals surface area contributed by atoms with Crippen molar-refractivity contribution < 1.29 is 9.94 Å². The fourth-order valence-electron chi connectivity index (χ4n) is 1.51. The number of methoxy groups -OCH3 is 1. The topological polar surface area (TPSA) is 79.9 Å². The molecule has 5 nitrogen and oxygen atoms in total. The summed E-state index contributed by atoms with van der Waals surface area (Å²) in [4.78, 5) is 0. The maximum atomic E-state index is 8.53. The highest BCUT2D eigenvalue weighted by Gasteiger charge is 2.08. The van der Waals surface area contributed by atoms with Gasteiger partial charge in [0.1, 0.15) is 11.6 Å². The molecule has 0 aliphatic carbocycles. The zero-order valence-electron chi connectivity index (χ0n) is 10.2. The summed E-state index contributed by atoms with van der Waals surface area (Å²) in [5.41, 5.74) is 6.48. The van der Waals surface area contributed by atoms with Crippen molar-refractivity contribution in [3.05, 3.63) is 24.3 Å². The van der Waals surface area contributed by atoms with Crippen LogP contribution in [0.25, 0.3) is 0 Å². The molecule has 1 aromatic rings. The molecule has 0 saturated heterocycles. The van der Waals surface area contributed by atoms with Gasteiger partial charge in [0.05, 0.1) is 7.11 Å². The van der Waals surface area contributed by atoms with Crippen molar-refractivity contribution >= 4 is 11.5 Å². The van der Waals surface area contributed by atoms with E-state index < -0.39 is 0 Å². The summed E-state index contributed by atoms with van der Waals surface area (Å²) in [6, 6.07) is 7.80. The number of anilines is 1. The first-order chi connectivity index (χ1) is 8.19. The minimum absolute atomic E-state index is 0.152. The lowest BCUT2D eigenvalue weighted by atomic mass is 10.1. The predicted molar refractivity (Wildman–Crippen MR) is 68.7 cm³/mol. The molecule has 0 radical (unpaired) electrons. The predicted octanol–water partition coefficient (Wildman–Crippen LogP) is 2.02. The maximum Gasteiger partial charge on any atom is 0.141 e. The Bertz CT molecular complexity index is 363. The van der Waals surface area contributed by atoms with E-state index in [4.69, 9.17) is 15.7 Å². The van der Waals surface area contributed by atoms with Gasteiger partial charge in [0.25, 0.3) is 0 Å². The molecule has 0 amide bonds. The van der Waals surface area contributed by atoms with Crippen LogP contribution in [0.5, 0.6) is 5.75 Å². The summed E-state index contributed by atoms with van der Waals surface area (Å²) < 4.78 is 5.08. The fraction of sp³-hybridized carbons (Fsp3) is 0.417. The van der Waals surface area contributed by atoms with Crippen LogP contribution in [0.4, 0.5) is 5.69 Å². The minimum Gasteiger partial charge on any atom is -0.497 e. The summed E-state index contributed by atoms with van der Waals surface area (Å²) in [5, 5.41) is 14.8. The molecule has 0 saturated carbocycles. The number of nitrogens with one attached hydrogen (secondary N) is 1. The van der Waals surface area contributed by atoms with Gasteiger partial charge in [-0.15, -0.1) is 0 Å². The molecule has 4 N–H and O–H groups in total. The molecule has 0 aromatic heterocycles. The third kappa shape index (κ3) is 4.22. The van der Waals surface area contributed by atoms with Crippen molar-refractivity contribution in [2.45, 2.75) is 25.8 Å². The normalized spacial score (nSPS) is 13.2. The molecule has 1 aromatic carbocycles. The van der Waals surface area contributed by atoms with Crippen molar-refractivity contribution in [2.24, 2.45) is 10.9 Å². The van der Waals surface area contributed by atoms with E-state index >= 15 is 0 Å². The Kier molecular flexibility index (Phi) is 5.13. The molecule has 1 rings (SSSR count). The lowest BCUT2D eigenvalue weighted by Gasteiger charge is -2.17. The van der Waals surface area contributed by atoms with Gasteiger partial charge in [-0.25, -0.2) is 0 Å².